The second-order valence-electron chi connectivity index (χ2n) is 3.14. The molecule has 0 aliphatic heterocycles. The third-order valence-corrected chi connectivity index (χ3v) is 2.65. The van der Waals surface area contributed by atoms with Crippen LogP contribution in [0.25, 0.3) is 0 Å². The molecule has 0 aliphatic carbocycles. The van der Waals surface area contributed by atoms with Crippen molar-refractivity contribution in [1.29, 1.82) is 0 Å². The van der Waals surface area contributed by atoms with Gasteiger partial charge in [-0.1, -0.05) is 5.92 Å². The Hall–Kier alpha value is -1.80. The van der Waals surface area contributed by atoms with Crippen molar-refractivity contribution in [2.75, 3.05) is 0 Å². The zero-order valence-electron chi connectivity index (χ0n) is 8.84. The van der Waals surface area contributed by atoms with E-state index in [-0.39, 0.29) is 16.9 Å². The maximum absolute atomic E-state index is 13.0. The first-order valence-electron chi connectivity index (χ1n) is 4.69. The largest absolute Gasteiger partial charge is 0.404 e. The standard InChI is InChI=1S/C12H10BrFN2O/c1-2-8-3-4-10(14)5-9(8)7-16-12(17)11(13)6-15/h1,3-6H,7,15H2,(H,16,17)/b11-6+. The highest BCUT2D eigenvalue weighted by Gasteiger charge is 2.07. The summed E-state index contributed by atoms with van der Waals surface area (Å²) in [5.74, 6) is 1.63. The van der Waals surface area contributed by atoms with Crippen LogP contribution in [0.1, 0.15) is 11.1 Å². The van der Waals surface area contributed by atoms with E-state index in [0.717, 1.165) is 6.20 Å². The highest BCUT2D eigenvalue weighted by atomic mass is 79.9. The SMILES string of the molecule is C#Cc1ccc(F)cc1CNC(=O)/C(Br)=C\N. The molecule has 88 valence electrons. The van der Waals surface area contributed by atoms with E-state index in [2.05, 4.69) is 27.2 Å². The number of terminal acetylenes is 1. The minimum Gasteiger partial charge on any atom is -0.404 e. The van der Waals surface area contributed by atoms with E-state index in [1.807, 2.05) is 0 Å². The van der Waals surface area contributed by atoms with E-state index >= 15 is 0 Å². The van der Waals surface area contributed by atoms with Gasteiger partial charge < -0.3 is 11.1 Å². The van der Waals surface area contributed by atoms with E-state index in [4.69, 9.17) is 12.2 Å². The molecule has 0 fully saturated rings. The van der Waals surface area contributed by atoms with Gasteiger partial charge in [-0.05, 0) is 39.7 Å². The summed E-state index contributed by atoms with van der Waals surface area (Å²) >= 11 is 2.98. The Balaban J connectivity index is 2.79. The number of carbonyl (C=O) groups excluding carboxylic acids is 1. The van der Waals surface area contributed by atoms with Gasteiger partial charge >= 0.3 is 0 Å². The summed E-state index contributed by atoms with van der Waals surface area (Å²) in [7, 11) is 0. The molecule has 17 heavy (non-hydrogen) atoms. The zero-order chi connectivity index (χ0) is 12.8. The van der Waals surface area contributed by atoms with Crippen LogP contribution in [0, 0.1) is 18.2 Å². The molecule has 0 aromatic heterocycles. The monoisotopic (exact) mass is 296 g/mol. The second-order valence-corrected chi connectivity index (χ2v) is 4.00. The van der Waals surface area contributed by atoms with Gasteiger partial charge in [0.2, 0.25) is 0 Å². The van der Waals surface area contributed by atoms with Crippen LogP contribution in [0.2, 0.25) is 0 Å². The molecule has 0 aliphatic rings. The average molecular weight is 297 g/mol. The third-order valence-electron chi connectivity index (χ3n) is 2.03. The third kappa shape index (κ3) is 3.61. The number of hydrogen-bond acceptors (Lipinski definition) is 2. The molecular formula is C12H10BrFN2O. The van der Waals surface area contributed by atoms with E-state index in [1.165, 1.54) is 18.2 Å². The predicted octanol–water partition coefficient (Wildman–Crippen LogP) is 1.62. The van der Waals surface area contributed by atoms with Gasteiger partial charge in [0.25, 0.3) is 5.91 Å². The molecule has 0 bridgehead atoms. The summed E-state index contributed by atoms with van der Waals surface area (Å²) in [4.78, 5) is 11.4. The summed E-state index contributed by atoms with van der Waals surface area (Å²) in [6.07, 6.45) is 6.40. The second kappa shape index (κ2) is 6.06. The van der Waals surface area contributed by atoms with Crippen LogP contribution in [0.3, 0.4) is 0 Å². The van der Waals surface area contributed by atoms with Gasteiger partial charge in [0, 0.05) is 18.3 Å². The van der Waals surface area contributed by atoms with Crippen LogP contribution >= 0.6 is 15.9 Å². The molecule has 3 nitrogen and oxygen atoms in total. The lowest BCUT2D eigenvalue weighted by Crippen LogP contribution is -2.23. The molecule has 0 radical (unpaired) electrons. The Morgan fingerprint density at radius 1 is 1.65 bits per heavy atom. The van der Waals surface area contributed by atoms with E-state index in [1.54, 1.807) is 0 Å². The zero-order valence-corrected chi connectivity index (χ0v) is 10.4. The highest BCUT2D eigenvalue weighted by molar-refractivity contribution is 9.12. The van der Waals surface area contributed by atoms with E-state index < -0.39 is 5.82 Å². The van der Waals surface area contributed by atoms with E-state index in [0.29, 0.717) is 11.1 Å². The number of hydrogen-bond donors (Lipinski definition) is 2. The van der Waals surface area contributed by atoms with Crippen LogP contribution in [-0.4, -0.2) is 5.91 Å². The lowest BCUT2D eigenvalue weighted by Gasteiger charge is -2.07. The topological polar surface area (TPSA) is 55.1 Å². The molecular weight excluding hydrogens is 287 g/mol. The number of carbonyl (C=O) groups is 1. The summed E-state index contributed by atoms with van der Waals surface area (Å²) in [6.45, 7) is 0.138. The van der Waals surface area contributed by atoms with Crippen molar-refractivity contribution in [1.82, 2.24) is 5.32 Å². The van der Waals surface area contributed by atoms with Crippen molar-refractivity contribution in [3.63, 3.8) is 0 Å². The van der Waals surface area contributed by atoms with Gasteiger partial charge in [-0.3, -0.25) is 4.79 Å². The van der Waals surface area contributed by atoms with Crippen LogP contribution in [0.4, 0.5) is 4.39 Å². The lowest BCUT2D eigenvalue weighted by atomic mass is 10.1. The van der Waals surface area contributed by atoms with Crippen molar-refractivity contribution < 1.29 is 9.18 Å². The molecule has 0 spiro atoms. The Bertz CT molecular complexity index is 506. The Labute approximate surface area is 107 Å². The molecule has 1 aromatic rings. The molecule has 1 aromatic carbocycles. The lowest BCUT2D eigenvalue weighted by molar-refractivity contribution is -0.116. The number of halogens is 2. The number of nitrogens with one attached hydrogen (secondary N) is 1. The van der Waals surface area contributed by atoms with Gasteiger partial charge in [0.15, 0.2) is 0 Å². The minimum atomic E-state index is -0.401. The molecule has 0 saturated carbocycles. The fourth-order valence-corrected chi connectivity index (χ4v) is 1.33. The first-order valence-corrected chi connectivity index (χ1v) is 5.48. The predicted molar refractivity (Wildman–Crippen MR) is 67.4 cm³/mol. The van der Waals surface area contributed by atoms with Crippen LogP contribution in [-0.2, 0) is 11.3 Å². The Morgan fingerprint density at radius 2 is 2.35 bits per heavy atom. The van der Waals surface area contributed by atoms with Gasteiger partial charge in [-0.15, -0.1) is 6.42 Å². The van der Waals surface area contributed by atoms with E-state index in [9.17, 15) is 9.18 Å². The van der Waals surface area contributed by atoms with Crippen molar-refractivity contribution >= 4 is 21.8 Å². The molecule has 0 unspecified atom stereocenters. The normalized spacial score (nSPS) is 10.8. The minimum absolute atomic E-state index is 0.138. The molecule has 1 rings (SSSR count). The fourth-order valence-electron chi connectivity index (χ4n) is 1.18. The van der Waals surface area contributed by atoms with Crippen molar-refractivity contribution in [3.05, 3.63) is 45.8 Å². The smallest absolute Gasteiger partial charge is 0.260 e. The number of amides is 1. The molecule has 0 atom stereocenters. The summed E-state index contributed by atoms with van der Waals surface area (Å²) in [5, 5.41) is 2.56. The van der Waals surface area contributed by atoms with Gasteiger partial charge in [0.1, 0.15) is 5.82 Å². The van der Waals surface area contributed by atoms with Crippen molar-refractivity contribution in [3.8, 4) is 12.3 Å². The first-order chi connectivity index (χ1) is 8.08. The summed E-state index contributed by atoms with van der Waals surface area (Å²) in [5.41, 5.74) is 6.24. The summed E-state index contributed by atoms with van der Waals surface area (Å²) in [6, 6.07) is 4.05. The molecule has 5 heteroatoms. The van der Waals surface area contributed by atoms with Gasteiger partial charge in [0.05, 0.1) is 4.48 Å². The van der Waals surface area contributed by atoms with Crippen LogP contribution in [0.15, 0.2) is 28.9 Å². The van der Waals surface area contributed by atoms with Gasteiger partial charge in [-0.2, -0.15) is 0 Å². The average Bonchev–Trinajstić information content (AvgIpc) is 2.35. The fraction of sp³-hybridized carbons (Fsp3) is 0.0833. The number of rotatable bonds is 3. The van der Waals surface area contributed by atoms with Crippen LogP contribution < -0.4 is 11.1 Å². The first kappa shape index (κ1) is 13.3. The highest BCUT2D eigenvalue weighted by Crippen LogP contribution is 2.11. The maximum Gasteiger partial charge on any atom is 0.260 e. The molecule has 1 amide bonds. The number of nitrogens with two attached hydrogens (primary N) is 1. The van der Waals surface area contributed by atoms with Crippen molar-refractivity contribution in [2.24, 2.45) is 5.73 Å². The quantitative estimate of drug-likeness (QED) is 0.658. The Kier molecular flexibility index (Phi) is 4.73. The van der Waals surface area contributed by atoms with Crippen molar-refractivity contribution in [2.45, 2.75) is 6.54 Å². The maximum atomic E-state index is 13.0. The van der Waals surface area contributed by atoms with Crippen LogP contribution in [0.5, 0.6) is 0 Å². The summed E-state index contributed by atoms with van der Waals surface area (Å²) < 4.78 is 13.2. The molecule has 0 heterocycles. The molecule has 3 N–H and O–H groups in total. The number of benzene rings is 1. The molecule has 0 saturated heterocycles. The Morgan fingerprint density at radius 3 is 2.94 bits per heavy atom. The van der Waals surface area contributed by atoms with Gasteiger partial charge in [-0.25, -0.2) is 4.39 Å².